The van der Waals surface area contributed by atoms with Gasteiger partial charge in [-0.25, -0.2) is 14.2 Å². The van der Waals surface area contributed by atoms with Crippen molar-refractivity contribution in [2.75, 3.05) is 0 Å². The van der Waals surface area contributed by atoms with Gasteiger partial charge in [0.1, 0.15) is 17.4 Å². The van der Waals surface area contributed by atoms with Crippen LogP contribution in [0, 0.1) is 5.82 Å². The lowest BCUT2D eigenvalue weighted by Crippen LogP contribution is -2.30. The van der Waals surface area contributed by atoms with Crippen LogP contribution < -0.4 is 15.8 Å². The zero-order valence-electron chi connectivity index (χ0n) is 23.2. The van der Waals surface area contributed by atoms with Gasteiger partial charge in [-0.3, -0.25) is 0 Å². The van der Waals surface area contributed by atoms with Gasteiger partial charge in [0.25, 0.3) is 0 Å². The monoisotopic (exact) mass is 604 g/mol. The lowest BCUT2D eigenvalue weighted by atomic mass is 9.93. The van der Waals surface area contributed by atoms with Gasteiger partial charge in [-0.15, -0.1) is 13.2 Å². The number of nitrogens with one attached hydrogen (secondary N) is 1. The quantitative estimate of drug-likeness (QED) is 0.220. The number of benzene rings is 3. The normalized spacial score (nSPS) is 17.0. The fourth-order valence-electron chi connectivity index (χ4n) is 5.26. The number of alkyl halides is 3. The van der Waals surface area contributed by atoms with Crippen molar-refractivity contribution in [1.29, 1.82) is 0 Å². The van der Waals surface area contributed by atoms with Crippen LogP contribution in [0.2, 0.25) is 5.02 Å². The SMILES string of the molecule is CC(C)OC(=O)N[C@@H]1C[C@H](c2c(Cl)cccc2OC(F)(F)F)n2c1nc1cc(F)c(-c3ccc(C(C)(C)N)cc3)cc12. The van der Waals surface area contributed by atoms with E-state index in [1.54, 1.807) is 36.6 Å². The Kier molecular flexibility index (Phi) is 7.61. The zero-order chi connectivity index (χ0) is 30.6. The maximum atomic E-state index is 15.5. The lowest BCUT2D eigenvalue weighted by molar-refractivity contribution is -0.275. The first-order valence-corrected chi connectivity index (χ1v) is 13.6. The van der Waals surface area contributed by atoms with Crippen molar-refractivity contribution in [3.05, 3.63) is 82.4 Å². The molecule has 2 heterocycles. The lowest BCUT2D eigenvalue weighted by Gasteiger charge is -2.21. The minimum Gasteiger partial charge on any atom is -0.447 e. The molecule has 0 aliphatic carbocycles. The molecule has 3 aromatic carbocycles. The molecule has 1 aliphatic heterocycles. The summed E-state index contributed by atoms with van der Waals surface area (Å²) in [4.78, 5) is 17.1. The molecule has 12 heteroatoms. The molecule has 222 valence electrons. The first-order chi connectivity index (χ1) is 19.6. The smallest absolute Gasteiger partial charge is 0.447 e. The highest BCUT2D eigenvalue weighted by Crippen LogP contribution is 2.47. The van der Waals surface area contributed by atoms with Crippen LogP contribution in [0.3, 0.4) is 0 Å². The maximum Gasteiger partial charge on any atom is 0.573 e. The second-order valence-electron chi connectivity index (χ2n) is 11.1. The van der Waals surface area contributed by atoms with E-state index in [9.17, 15) is 18.0 Å². The van der Waals surface area contributed by atoms with E-state index in [1.807, 2.05) is 26.0 Å². The summed E-state index contributed by atoms with van der Waals surface area (Å²) in [6.07, 6.45) is -6.02. The van der Waals surface area contributed by atoms with Gasteiger partial charge in [0.2, 0.25) is 0 Å². The highest BCUT2D eigenvalue weighted by atomic mass is 35.5. The number of carbonyl (C=O) groups is 1. The molecule has 7 nitrogen and oxygen atoms in total. The van der Waals surface area contributed by atoms with Crippen LogP contribution in [0.4, 0.5) is 22.4 Å². The van der Waals surface area contributed by atoms with E-state index in [0.29, 0.717) is 16.9 Å². The number of nitrogens with two attached hydrogens (primary N) is 1. The van der Waals surface area contributed by atoms with Crippen LogP contribution in [-0.4, -0.2) is 28.1 Å². The van der Waals surface area contributed by atoms with Crippen molar-refractivity contribution in [3.63, 3.8) is 0 Å². The number of imidazole rings is 1. The van der Waals surface area contributed by atoms with Crippen molar-refractivity contribution < 1.29 is 31.8 Å². The van der Waals surface area contributed by atoms with E-state index < -0.39 is 47.7 Å². The van der Waals surface area contributed by atoms with Crippen LogP contribution >= 0.6 is 11.6 Å². The summed E-state index contributed by atoms with van der Waals surface area (Å²) in [5, 5.41) is 2.77. The van der Waals surface area contributed by atoms with Gasteiger partial charge in [-0.2, -0.15) is 0 Å². The van der Waals surface area contributed by atoms with E-state index in [2.05, 4.69) is 15.0 Å². The fraction of sp³-hybridized carbons (Fsp3) is 0.333. The molecular weight excluding hydrogens is 576 g/mol. The van der Waals surface area contributed by atoms with Gasteiger partial charge in [0.15, 0.2) is 0 Å². The van der Waals surface area contributed by atoms with Crippen LogP contribution in [-0.2, 0) is 10.3 Å². The summed E-state index contributed by atoms with van der Waals surface area (Å²) >= 11 is 6.49. The number of rotatable bonds is 6. The second kappa shape index (κ2) is 10.8. The van der Waals surface area contributed by atoms with Crippen LogP contribution in [0.1, 0.15) is 63.2 Å². The van der Waals surface area contributed by atoms with Gasteiger partial charge >= 0.3 is 12.5 Å². The number of alkyl carbamates (subject to hydrolysis) is 1. The van der Waals surface area contributed by atoms with E-state index in [4.69, 9.17) is 22.1 Å². The molecule has 5 rings (SSSR count). The number of hydrogen-bond donors (Lipinski definition) is 2. The Morgan fingerprint density at radius 1 is 1.14 bits per heavy atom. The first kappa shape index (κ1) is 29.7. The molecule has 0 fully saturated rings. The van der Waals surface area contributed by atoms with Gasteiger partial charge < -0.3 is 25.1 Å². The molecule has 0 radical (unpaired) electrons. The summed E-state index contributed by atoms with van der Waals surface area (Å²) in [7, 11) is 0. The Morgan fingerprint density at radius 2 is 1.83 bits per heavy atom. The number of halogens is 5. The number of ether oxygens (including phenoxy) is 2. The van der Waals surface area contributed by atoms with Gasteiger partial charge in [0.05, 0.1) is 29.2 Å². The maximum absolute atomic E-state index is 15.5. The average molecular weight is 605 g/mol. The van der Waals surface area contributed by atoms with Crippen LogP contribution in [0.25, 0.3) is 22.2 Å². The topological polar surface area (TPSA) is 91.4 Å². The molecule has 4 aromatic rings. The number of amides is 1. The first-order valence-electron chi connectivity index (χ1n) is 13.2. The standard InChI is InChI=1S/C30H29ClF4N4O3/c1-15(2)41-28(40)38-22-14-24(26-19(31)6-5-7-25(26)42-30(33,34)35)39-23-12-18(20(32)13-21(23)37-27(22)39)16-8-10-17(11-9-16)29(3,4)36/h5-13,15,22,24H,14,36H2,1-4H3,(H,38,40)/t22-,24-/m1/s1. The van der Waals surface area contributed by atoms with Crippen molar-refractivity contribution in [2.45, 2.75) is 64.2 Å². The second-order valence-corrected chi connectivity index (χ2v) is 11.5. The van der Waals surface area contributed by atoms with Crippen LogP contribution in [0.5, 0.6) is 5.75 Å². The number of hydrogen-bond acceptors (Lipinski definition) is 5. The molecule has 1 aliphatic rings. The van der Waals surface area contributed by atoms with Gasteiger partial charge in [0, 0.05) is 34.2 Å². The van der Waals surface area contributed by atoms with Crippen molar-refractivity contribution in [3.8, 4) is 16.9 Å². The fourth-order valence-corrected chi connectivity index (χ4v) is 5.55. The Morgan fingerprint density at radius 3 is 2.45 bits per heavy atom. The summed E-state index contributed by atoms with van der Waals surface area (Å²) in [5.41, 5.74) is 8.03. The summed E-state index contributed by atoms with van der Waals surface area (Å²) < 4.78 is 66.8. The number of fused-ring (bicyclic) bond motifs is 3. The Labute approximate surface area is 244 Å². The predicted molar refractivity (Wildman–Crippen MR) is 151 cm³/mol. The van der Waals surface area contributed by atoms with Crippen molar-refractivity contribution in [2.24, 2.45) is 5.73 Å². The number of nitrogens with zero attached hydrogens (tertiary/aromatic N) is 2. The van der Waals surface area contributed by atoms with Gasteiger partial charge in [-0.05, 0) is 57.0 Å². The molecular formula is C30H29ClF4N4O3. The third-order valence-corrected chi connectivity index (χ3v) is 7.36. The molecule has 0 saturated carbocycles. The van der Waals surface area contributed by atoms with Crippen molar-refractivity contribution in [1.82, 2.24) is 14.9 Å². The molecule has 0 spiro atoms. The Balaban J connectivity index is 1.68. The highest BCUT2D eigenvalue weighted by molar-refractivity contribution is 6.31. The molecule has 42 heavy (non-hydrogen) atoms. The number of aromatic nitrogens is 2. The summed E-state index contributed by atoms with van der Waals surface area (Å²) in [6, 6.07) is 12.3. The van der Waals surface area contributed by atoms with E-state index in [-0.39, 0.29) is 28.1 Å². The third-order valence-electron chi connectivity index (χ3n) is 7.03. The van der Waals surface area contributed by atoms with Gasteiger partial charge in [-0.1, -0.05) is 41.9 Å². The summed E-state index contributed by atoms with van der Waals surface area (Å²) in [5.74, 6) is -0.718. The third kappa shape index (κ3) is 5.89. The molecule has 1 amide bonds. The minimum atomic E-state index is -4.98. The average Bonchev–Trinajstić information content (AvgIpc) is 3.39. The molecule has 3 N–H and O–H groups in total. The molecule has 0 bridgehead atoms. The van der Waals surface area contributed by atoms with Crippen molar-refractivity contribution >= 4 is 28.7 Å². The molecule has 1 aromatic heterocycles. The molecule has 2 atom stereocenters. The molecule has 0 saturated heterocycles. The van der Waals surface area contributed by atoms with Crippen LogP contribution in [0.15, 0.2) is 54.6 Å². The molecule has 0 unspecified atom stereocenters. The largest absolute Gasteiger partial charge is 0.573 e. The highest BCUT2D eigenvalue weighted by Gasteiger charge is 2.41. The van der Waals surface area contributed by atoms with E-state index in [0.717, 1.165) is 5.56 Å². The zero-order valence-corrected chi connectivity index (χ0v) is 24.0. The van der Waals surface area contributed by atoms with E-state index >= 15 is 4.39 Å². The van der Waals surface area contributed by atoms with E-state index in [1.165, 1.54) is 24.3 Å². The Hall–Kier alpha value is -3.83. The summed E-state index contributed by atoms with van der Waals surface area (Å²) in [6.45, 7) is 7.08. The minimum absolute atomic E-state index is 0.0299. The number of carbonyl (C=O) groups excluding carboxylic acids is 1. The predicted octanol–water partition coefficient (Wildman–Crippen LogP) is 7.76. The Bertz CT molecular complexity index is 1650.